The molecule has 3 heterocycles. The fraction of sp³-hybridized carbons (Fsp3) is 0.200. The van der Waals surface area contributed by atoms with Crippen molar-refractivity contribution in [3.63, 3.8) is 0 Å². The quantitative estimate of drug-likeness (QED) is 0.584. The molecule has 0 atom stereocenters. The Hall–Kier alpha value is -3.38. The summed E-state index contributed by atoms with van der Waals surface area (Å²) in [5.41, 5.74) is 3.80. The Morgan fingerprint density at radius 1 is 0.742 bits per heavy atom. The second kappa shape index (κ2) is 8.04. The lowest BCUT2D eigenvalue weighted by molar-refractivity contribution is -0.120. The minimum atomic E-state index is -0.234. The highest BCUT2D eigenvalue weighted by Crippen LogP contribution is 2.37. The fourth-order valence-electron chi connectivity index (χ4n) is 4.31. The van der Waals surface area contributed by atoms with Gasteiger partial charge in [0.25, 0.3) is 11.8 Å². The third-order valence-electron chi connectivity index (χ3n) is 5.90. The molecule has 6 heteroatoms. The molecule has 0 bridgehead atoms. The molecular formula is C25H23N3O2S. The summed E-state index contributed by atoms with van der Waals surface area (Å²) in [6, 6.07) is 21.7. The van der Waals surface area contributed by atoms with E-state index in [0.29, 0.717) is 30.0 Å². The van der Waals surface area contributed by atoms with Crippen molar-refractivity contribution in [2.75, 3.05) is 36.0 Å². The van der Waals surface area contributed by atoms with Crippen LogP contribution in [-0.4, -0.2) is 42.9 Å². The lowest BCUT2D eigenvalue weighted by Crippen LogP contribution is -2.47. The lowest BCUT2D eigenvalue weighted by atomic mass is 10.1. The van der Waals surface area contributed by atoms with E-state index in [2.05, 4.69) is 21.9 Å². The van der Waals surface area contributed by atoms with E-state index in [1.165, 1.54) is 21.9 Å². The van der Waals surface area contributed by atoms with Crippen LogP contribution in [0, 0.1) is 6.92 Å². The number of para-hydroxylation sites is 2. The van der Waals surface area contributed by atoms with Gasteiger partial charge in [0.2, 0.25) is 0 Å². The Kier molecular flexibility index (Phi) is 5.08. The summed E-state index contributed by atoms with van der Waals surface area (Å²) in [4.78, 5) is 33.7. The highest BCUT2D eigenvalue weighted by Gasteiger charge is 2.43. The Balaban J connectivity index is 1.49. The van der Waals surface area contributed by atoms with Crippen LogP contribution in [0.1, 0.15) is 10.4 Å². The van der Waals surface area contributed by atoms with Crippen molar-refractivity contribution in [2.45, 2.75) is 6.92 Å². The SMILES string of the molecule is Cc1ccccc1N1C(=O)C(c2cccs2)=C(N2CCN(c3ccccc3)CC2)C1=O. The smallest absolute Gasteiger partial charge is 0.282 e. The number of piperazine rings is 1. The van der Waals surface area contributed by atoms with Crippen molar-refractivity contribution in [1.29, 1.82) is 0 Å². The molecule has 0 spiro atoms. The summed E-state index contributed by atoms with van der Waals surface area (Å²) in [6.07, 6.45) is 0. The molecule has 3 aromatic rings. The topological polar surface area (TPSA) is 43.9 Å². The zero-order chi connectivity index (χ0) is 21.4. The Morgan fingerprint density at radius 3 is 2.10 bits per heavy atom. The molecule has 0 N–H and O–H groups in total. The summed E-state index contributed by atoms with van der Waals surface area (Å²) in [5.74, 6) is -0.460. The molecule has 2 amide bonds. The molecule has 156 valence electrons. The molecule has 0 saturated carbocycles. The minimum Gasteiger partial charge on any atom is -0.368 e. The van der Waals surface area contributed by atoms with Gasteiger partial charge in [-0.3, -0.25) is 9.59 Å². The molecule has 2 aliphatic heterocycles. The Labute approximate surface area is 185 Å². The van der Waals surface area contributed by atoms with E-state index in [-0.39, 0.29) is 11.8 Å². The molecule has 5 nitrogen and oxygen atoms in total. The number of rotatable bonds is 4. The van der Waals surface area contributed by atoms with Crippen LogP contribution in [0.3, 0.4) is 0 Å². The zero-order valence-electron chi connectivity index (χ0n) is 17.3. The van der Waals surface area contributed by atoms with Gasteiger partial charge in [0.15, 0.2) is 0 Å². The van der Waals surface area contributed by atoms with Gasteiger partial charge in [-0.2, -0.15) is 0 Å². The molecule has 1 saturated heterocycles. The summed E-state index contributed by atoms with van der Waals surface area (Å²) in [6.45, 7) is 4.92. The maximum absolute atomic E-state index is 13.6. The summed E-state index contributed by atoms with van der Waals surface area (Å²) in [7, 11) is 0. The number of hydrogen-bond donors (Lipinski definition) is 0. The number of carbonyl (C=O) groups is 2. The summed E-state index contributed by atoms with van der Waals surface area (Å²) >= 11 is 1.50. The van der Waals surface area contributed by atoms with Crippen LogP contribution >= 0.6 is 11.3 Å². The molecule has 0 aliphatic carbocycles. The monoisotopic (exact) mass is 429 g/mol. The van der Waals surface area contributed by atoms with Crippen molar-refractivity contribution in [2.24, 2.45) is 0 Å². The maximum atomic E-state index is 13.6. The van der Waals surface area contributed by atoms with Gasteiger partial charge in [0.1, 0.15) is 5.70 Å². The first-order valence-corrected chi connectivity index (χ1v) is 11.3. The first-order valence-electron chi connectivity index (χ1n) is 10.4. The predicted molar refractivity (Wildman–Crippen MR) is 125 cm³/mol. The minimum absolute atomic E-state index is 0.226. The number of amides is 2. The number of imide groups is 1. The van der Waals surface area contributed by atoms with Crippen molar-refractivity contribution < 1.29 is 9.59 Å². The molecule has 31 heavy (non-hydrogen) atoms. The van der Waals surface area contributed by atoms with E-state index >= 15 is 0 Å². The van der Waals surface area contributed by atoms with Crippen LogP contribution in [-0.2, 0) is 9.59 Å². The normalized spacial score (nSPS) is 17.1. The average molecular weight is 430 g/mol. The van der Waals surface area contributed by atoms with Gasteiger partial charge in [0, 0.05) is 36.7 Å². The van der Waals surface area contributed by atoms with Crippen LogP contribution in [0.4, 0.5) is 11.4 Å². The Bertz CT molecular complexity index is 1150. The molecule has 0 radical (unpaired) electrons. The molecule has 1 fully saturated rings. The first-order chi connectivity index (χ1) is 15.1. The van der Waals surface area contributed by atoms with Crippen LogP contribution in [0.15, 0.2) is 77.8 Å². The van der Waals surface area contributed by atoms with Crippen molar-refractivity contribution in [3.8, 4) is 0 Å². The molecule has 0 unspecified atom stereocenters. The molecule has 2 aromatic carbocycles. The lowest BCUT2D eigenvalue weighted by Gasteiger charge is -2.37. The van der Waals surface area contributed by atoms with E-state index in [1.807, 2.05) is 66.9 Å². The molecule has 2 aliphatic rings. The molecular weight excluding hydrogens is 406 g/mol. The average Bonchev–Trinajstić information content (AvgIpc) is 3.41. The van der Waals surface area contributed by atoms with Gasteiger partial charge in [0.05, 0.1) is 11.3 Å². The molecule has 1 aromatic heterocycles. The number of hydrogen-bond acceptors (Lipinski definition) is 5. The van der Waals surface area contributed by atoms with Gasteiger partial charge in [-0.25, -0.2) is 4.90 Å². The zero-order valence-corrected chi connectivity index (χ0v) is 18.1. The number of aryl methyl sites for hydroxylation is 1. The van der Waals surface area contributed by atoms with E-state index < -0.39 is 0 Å². The third-order valence-corrected chi connectivity index (χ3v) is 6.79. The van der Waals surface area contributed by atoms with Crippen LogP contribution in [0.25, 0.3) is 5.57 Å². The van der Waals surface area contributed by atoms with Gasteiger partial charge in [-0.05, 0) is 42.1 Å². The van der Waals surface area contributed by atoms with Crippen LogP contribution < -0.4 is 9.80 Å². The van der Waals surface area contributed by atoms with E-state index in [4.69, 9.17) is 0 Å². The highest BCUT2D eigenvalue weighted by atomic mass is 32.1. The number of carbonyl (C=O) groups excluding carboxylic acids is 2. The number of benzene rings is 2. The van der Waals surface area contributed by atoms with Gasteiger partial charge in [-0.1, -0.05) is 42.5 Å². The highest BCUT2D eigenvalue weighted by molar-refractivity contribution is 7.11. The number of anilines is 2. The second-order valence-corrected chi connectivity index (χ2v) is 8.69. The third kappa shape index (κ3) is 3.43. The fourth-order valence-corrected chi connectivity index (χ4v) is 5.08. The number of nitrogens with zero attached hydrogens (tertiary/aromatic N) is 3. The van der Waals surface area contributed by atoms with E-state index in [0.717, 1.165) is 23.5 Å². The van der Waals surface area contributed by atoms with Crippen LogP contribution in [0.2, 0.25) is 0 Å². The Morgan fingerprint density at radius 2 is 1.42 bits per heavy atom. The largest absolute Gasteiger partial charge is 0.368 e. The van der Waals surface area contributed by atoms with Gasteiger partial charge < -0.3 is 9.80 Å². The van der Waals surface area contributed by atoms with E-state index in [1.54, 1.807) is 0 Å². The van der Waals surface area contributed by atoms with E-state index in [9.17, 15) is 9.59 Å². The van der Waals surface area contributed by atoms with Crippen molar-refractivity contribution in [3.05, 3.63) is 88.2 Å². The summed E-state index contributed by atoms with van der Waals surface area (Å²) < 4.78 is 0. The maximum Gasteiger partial charge on any atom is 0.282 e. The standard InChI is InChI=1S/C25H23N3O2S/c1-18-8-5-6-11-20(18)28-24(29)22(21-12-7-17-31-21)23(25(28)30)27-15-13-26(14-16-27)19-9-3-2-4-10-19/h2-12,17H,13-16H2,1H3. The second-order valence-electron chi connectivity index (χ2n) is 7.74. The van der Waals surface area contributed by atoms with Crippen molar-refractivity contribution in [1.82, 2.24) is 4.90 Å². The van der Waals surface area contributed by atoms with Gasteiger partial charge >= 0.3 is 0 Å². The van der Waals surface area contributed by atoms with Gasteiger partial charge in [-0.15, -0.1) is 11.3 Å². The van der Waals surface area contributed by atoms with Crippen molar-refractivity contribution >= 4 is 40.1 Å². The summed E-state index contributed by atoms with van der Waals surface area (Å²) in [5, 5.41) is 1.95. The van der Waals surface area contributed by atoms with Crippen LogP contribution in [0.5, 0.6) is 0 Å². The number of thiophene rings is 1. The first kappa shape index (κ1) is 19.6. The predicted octanol–water partition coefficient (Wildman–Crippen LogP) is 4.16. The molecule has 5 rings (SSSR count).